The Balaban J connectivity index is 2.14. The molecule has 0 spiro atoms. The van der Waals surface area contributed by atoms with Gasteiger partial charge in [0.2, 0.25) is 5.91 Å². The molecule has 1 aliphatic carbocycles. The van der Waals surface area contributed by atoms with Crippen molar-refractivity contribution < 1.29 is 4.79 Å². The van der Waals surface area contributed by atoms with E-state index in [-0.39, 0.29) is 27.6 Å². The highest BCUT2D eigenvalue weighted by Crippen LogP contribution is 2.60. The summed E-state index contributed by atoms with van der Waals surface area (Å²) in [6.45, 7) is 3.99. The van der Waals surface area contributed by atoms with Crippen LogP contribution in [0.25, 0.3) is 0 Å². The first kappa shape index (κ1) is 16.0. The molecule has 0 heterocycles. The molecule has 1 aromatic carbocycles. The van der Waals surface area contributed by atoms with Crippen molar-refractivity contribution in [3.8, 4) is 0 Å². The van der Waals surface area contributed by atoms with Crippen molar-refractivity contribution in [3.05, 3.63) is 38.8 Å². The van der Waals surface area contributed by atoms with Crippen LogP contribution in [0, 0.1) is 17.3 Å². The molecule has 1 saturated carbocycles. The number of carbonyl (C=O) groups is 1. The zero-order chi connectivity index (χ0) is 15.1. The normalized spacial score (nSPS) is 23.1. The van der Waals surface area contributed by atoms with Crippen molar-refractivity contribution in [2.45, 2.75) is 13.8 Å². The third kappa shape index (κ3) is 3.09. The van der Waals surface area contributed by atoms with Crippen LogP contribution in [-0.2, 0) is 4.79 Å². The van der Waals surface area contributed by atoms with Crippen LogP contribution in [0.4, 0.5) is 5.69 Å². The average Bonchev–Trinajstić information content (AvgIpc) is 2.86. The maximum absolute atomic E-state index is 12.3. The molecule has 2 nitrogen and oxygen atoms in total. The minimum atomic E-state index is -0.190. The fourth-order valence-electron chi connectivity index (χ4n) is 2.44. The fourth-order valence-corrected chi connectivity index (χ4v) is 3.06. The Labute approximate surface area is 138 Å². The van der Waals surface area contributed by atoms with Crippen LogP contribution in [0.15, 0.2) is 28.8 Å². The molecule has 0 aromatic heterocycles. The summed E-state index contributed by atoms with van der Waals surface area (Å²) in [5.74, 6) is -0.287. The van der Waals surface area contributed by atoms with Crippen molar-refractivity contribution in [2.24, 2.45) is 17.3 Å². The predicted octanol–water partition coefficient (Wildman–Crippen LogP) is 5.52. The number of rotatable bonds is 3. The molecule has 2 rings (SSSR count). The molecule has 0 radical (unpaired) electrons. The summed E-state index contributed by atoms with van der Waals surface area (Å²) in [5.41, 5.74) is 0.330. The number of amides is 1. The second kappa shape index (κ2) is 5.76. The van der Waals surface area contributed by atoms with Gasteiger partial charge in [-0.05, 0) is 29.5 Å². The van der Waals surface area contributed by atoms with Crippen LogP contribution in [0.2, 0.25) is 10.0 Å². The Kier molecular flexibility index (Phi) is 4.60. The van der Waals surface area contributed by atoms with Crippen molar-refractivity contribution >= 4 is 58.0 Å². The molecule has 1 N–H and O–H groups in total. The minimum absolute atomic E-state index is 0.0189. The number of anilines is 1. The van der Waals surface area contributed by atoms with Crippen LogP contribution in [0.5, 0.6) is 0 Å². The number of nitrogens with one attached hydrogen (secondary N) is 1. The van der Waals surface area contributed by atoms with E-state index in [1.54, 1.807) is 24.3 Å². The summed E-state index contributed by atoms with van der Waals surface area (Å²) in [6.07, 6.45) is 1.70. The molecule has 1 amide bonds. The number of benzene rings is 1. The van der Waals surface area contributed by atoms with Gasteiger partial charge in [-0.1, -0.05) is 66.3 Å². The molecule has 1 fully saturated rings. The van der Waals surface area contributed by atoms with E-state index in [1.807, 2.05) is 13.8 Å². The standard InChI is InChI=1S/C14H13Cl4NO/c1-14(2)7(6-10(16)17)11(14)13(20)19-9-5-3-4-8(15)12(9)18/h3-7,11H,1-2H3,(H,19,20). The molecule has 6 heteroatoms. The number of carbonyl (C=O) groups excluding carboxylic acids is 1. The third-order valence-corrected chi connectivity index (χ3v) is 4.78. The third-order valence-electron chi connectivity index (χ3n) is 3.71. The van der Waals surface area contributed by atoms with Gasteiger partial charge in [-0.2, -0.15) is 0 Å². The largest absolute Gasteiger partial charge is 0.324 e. The minimum Gasteiger partial charge on any atom is -0.324 e. The predicted molar refractivity (Wildman–Crippen MR) is 85.6 cm³/mol. The topological polar surface area (TPSA) is 29.1 Å². The number of hydrogen-bond acceptors (Lipinski definition) is 1. The Morgan fingerprint density at radius 2 is 1.95 bits per heavy atom. The molecule has 2 unspecified atom stereocenters. The van der Waals surface area contributed by atoms with Crippen molar-refractivity contribution in [1.82, 2.24) is 0 Å². The van der Waals surface area contributed by atoms with Crippen LogP contribution in [0.3, 0.4) is 0 Å². The van der Waals surface area contributed by atoms with E-state index in [2.05, 4.69) is 5.32 Å². The van der Waals surface area contributed by atoms with Gasteiger partial charge in [0.1, 0.15) is 4.49 Å². The van der Waals surface area contributed by atoms with E-state index in [4.69, 9.17) is 46.4 Å². The van der Waals surface area contributed by atoms with Gasteiger partial charge in [0.15, 0.2) is 0 Å². The van der Waals surface area contributed by atoms with Gasteiger partial charge in [0, 0.05) is 0 Å². The average molecular weight is 353 g/mol. The first-order chi connectivity index (χ1) is 9.25. The highest BCUT2D eigenvalue weighted by atomic mass is 35.5. The number of hydrogen-bond donors (Lipinski definition) is 1. The zero-order valence-electron chi connectivity index (χ0n) is 10.9. The summed E-state index contributed by atoms with van der Waals surface area (Å²) < 4.78 is 0.180. The summed E-state index contributed by atoms with van der Waals surface area (Å²) in [5, 5.41) is 3.54. The summed E-state index contributed by atoms with van der Waals surface area (Å²) >= 11 is 23.3. The van der Waals surface area contributed by atoms with E-state index >= 15 is 0 Å². The lowest BCUT2D eigenvalue weighted by molar-refractivity contribution is -0.118. The smallest absolute Gasteiger partial charge is 0.228 e. The van der Waals surface area contributed by atoms with Crippen LogP contribution in [0.1, 0.15) is 13.8 Å². The fraction of sp³-hybridized carbons (Fsp3) is 0.357. The quantitative estimate of drug-likeness (QED) is 0.761. The van der Waals surface area contributed by atoms with Gasteiger partial charge in [-0.25, -0.2) is 0 Å². The van der Waals surface area contributed by atoms with Gasteiger partial charge in [-0.15, -0.1) is 0 Å². The maximum Gasteiger partial charge on any atom is 0.228 e. The van der Waals surface area contributed by atoms with E-state index in [1.165, 1.54) is 0 Å². The van der Waals surface area contributed by atoms with Gasteiger partial charge >= 0.3 is 0 Å². The number of halogens is 4. The van der Waals surface area contributed by atoms with Gasteiger partial charge < -0.3 is 5.32 Å². The lowest BCUT2D eigenvalue weighted by Gasteiger charge is -2.08. The Hall–Kier alpha value is -0.410. The van der Waals surface area contributed by atoms with Crippen LogP contribution >= 0.6 is 46.4 Å². The Morgan fingerprint density at radius 3 is 2.55 bits per heavy atom. The van der Waals surface area contributed by atoms with E-state index in [9.17, 15) is 4.79 Å². The van der Waals surface area contributed by atoms with Gasteiger partial charge in [0.05, 0.1) is 21.7 Å². The summed E-state index contributed by atoms with van der Waals surface area (Å²) in [4.78, 5) is 12.3. The molecule has 2 atom stereocenters. The SMILES string of the molecule is CC1(C)C(C=C(Cl)Cl)C1C(=O)Nc1cccc(Cl)c1Cl. The highest BCUT2D eigenvalue weighted by molar-refractivity contribution is 6.55. The molecule has 0 saturated heterocycles. The molecule has 0 aliphatic heterocycles. The Bertz CT molecular complexity index is 579. The molecule has 108 valence electrons. The van der Waals surface area contributed by atoms with Crippen LogP contribution < -0.4 is 5.32 Å². The monoisotopic (exact) mass is 351 g/mol. The summed E-state index contributed by atoms with van der Waals surface area (Å²) in [7, 11) is 0. The van der Waals surface area contributed by atoms with Crippen molar-refractivity contribution in [2.75, 3.05) is 5.32 Å². The Morgan fingerprint density at radius 1 is 1.30 bits per heavy atom. The molecule has 1 aromatic rings. The first-order valence-corrected chi connectivity index (χ1v) is 7.54. The molecule has 20 heavy (non-hydrogen) atoms. The van der Waals surface area contributed by atoms with E-state index in [0.717, 1.165) is 0 Å². The first-order valence-electron chi connectivity index (χ1n) is 6.03. The lowest BCUT2D eigenvalue weighted by atomic mass is 10.1. The second-order valence-corrected chi connectivity index (χ2v) is 7.16. The summed E-state index contributed by atoms with van der Waals surface area (Å²) in [6, 6.07) is 5.11. The molecular weight excluding hydrogens is 340 g/mol. The highest BCUT2D eigenvalue weighted by Gasteiger charge is 2.60. The van der Waals surface area contributed by atoms with Crippen molar-refractivity contribution in [1.29, 1.82) is 0 Å². The second-order valence-electron chi connectivity index (χ2n) is 5.37. The van der Waals surface area contributed by atoms with Gasteiger partial charge in [0.25, 0.3) is 0 Å². The molecule has 1 aliphatic rings. The van der Waals surface area contributed by atoms with Gasteiger partial charge in [-0.3, -0.25) is 4.79 Å². The van der Waals surface area contributed by atoms with E-state index < -0.39 is 0 Å². The molecule has 0 bridgehead atoms. The van der Waals surface area contributed by atoms with Crippen molar-refractivity contribution in [3.63, 3.8) is 0 Å². The van der Waals surface area contributed by atoms with Crippen LogP contribution in [-0.4, -0.2) is 5.91 Å². The molecular formula is C14H13Cl4NO. The zero-order valence-corrected chi connectivity index (χ0v) is 13.9. The number of allylic oxidation sites excluding steroid dienone is 1. The van der Waals surface area contributed by atoms with E-state index in [0.29, 0.717) is 15.7 Å². The lowest BCUT2D eigenvalue weighted by Crippen LogP contribution is -2.17. The maximum atomic E-state index is 12.3.